The molecule has 0 saturated carbocycles. The van der Waals surface area contributed by atoms with Crippen molar-refractivity contribution < 1.29 is 27.0 Å². The Morgan fingerprint density at radius 3 is 2.60 bits per heavy atom. The van der Waals surface area contributed by atoms with Crippen molar-refractivity contribution in [2.24, 2.45) is 15.9 Å². The van der Waals surface area contributed by atoms with Gasteiger partial charge in [0.1, 0.15) is 18.1 Å². The van der Waals surface area contributed by atoms with Crippen molar-refractivity contribution in [2.45, 2.75) is 6.36 Å². The zero-order chi connectivity index (χ0) is 18.3. The van der Waals surface area contributed by atoms with Gasteiger partial charge in [-0.3, -0.25) is 4.99 Å². The summed E-state index contributed by atoms with van der Waals surface area (Å²) >= 11 is 0. The number of hydrogen-bond acceptors (Lipinski definition) is 7. The van der Waals surface area contributed by atoms with E-state index in [1.165, 1.54) is 18.3 Å². The molecule has 0 aliphatic heterocycles. The molecule has 0 fully saturated rings. The van der Waals surface area contributed by atoms with Gasteiger partial charge in [0.05, 0.1) is 24.3 Å². The molecule has 0 radical (unpaired) electrons. The largest absolute Gasteiger partial charge is 0.573 e. The molecular weight excluding hydrogens is 346 g/mol. The van der Waals surface area contributed by atoms with Crippen LogP contribution in [0.25, 0.3) is 0 Å². The Morgan fingerprint density at radius 1 is 1.24 bits per heavy atom. The summed E-state index contributed by atoms with van der Waals surface area (Å²) in [5, 5.41) is 3.42. The van der Waals surface area contributed by atoms with Crippen molar-refractivity contribution >= 4 is 17.6 Å². The van der Waals surface area contributed by atoms with E-state index in [9.17, 15) is 17.6 Å². The molecule has 1 aromatic carbocycles. The van der Waals surface area contributed by atoms with Crippen LogP contribution in [0.3, 0.4) is 0 Å². The SMILES string of the molecule is NN=C(C=Nc1cccc(OC(F)(F)F)c1)COc1ncc(F)cn1. The maximum absolute atomic E-state index is 12.7. The fourth-order valence-corrected chi connectivity index (χ4v) is 1.53. The highest BCUT2D eigenvalue weighted by atomic mass is 19.4. The van der Waals surface area contributed by atoms with Gasteiger partial charge in [0.15, 0.2) is 5.82 Å². The fourth-order valence-electron chi connectivity index (χ4n) is 1.53. The fraction of sp³-hybridized carbons (Fsp3) is 0.143. The Bertz CT molecular complexity index is 763. The molecule has 0 amide bonds. The predicted octanol–water partition coefficient (Wildman–Crippen LogP) is 2.61. The van der Waals surface area contributed by atoms with Gasteiger partial charge in [0, 0.05) is 6.07 Å². The lowest BCUT2D eigenvalue weighted by Gasteiger charge is -2.08. The topological polar surface area (TPSA) is 95.0 Å². The van der Waals surface area contributed by atoms with E-state index in [-0.39, 0.29) is 24.0 Å². The van der Waals surface area contributed by atoms with Crippen LogP contribution in [0.4, 0.5) is 23.2 Å². The summed E-state index contributed by atoms with van der Waals surface area (Å²) in [6.07, 6.45) is -1.77. The van der Waals surface area contributed by atoms with E-state index in [4.69, 9.17) is 10.6 Å². The second-order valence-electron chi connectivity index (χ2n) is 4.40. The Balaban J connectivity index is 1.98. The average molecular weight is 357 g/mol. The maximum atomic E-state index is 12.7. The summed E-state index contributed by atoms with van der Waals surface area (Å²) < 4.78 is 58.1. The number of ether oxygens (including phenoxy) is 2. The van der Waals surface area contributed by atoms with E-state index < -0.39 is 17.9 Å². The molecule has 7 nitrogen and oxygen atoms in total. The van der Waals surface area contributed by atoms with Crippen LogP contribution >= 0.6 is 0 Å². The second-order valence-corrected chi connectivity index (χ2v) is 4.40. The molecule has 0 aliphatic carbocycles. The minimum absolute atomic E-state index is 0.100. The van der Waals surface area contributed by atoms with Gasteiger partial charge in [-0.2, -0.15) is 5.10 Å². The third-order valence-corrected chi connectivity index (χ3v) is 2.53. The Labute approximate surface area is 138 Å². The van der Waals surface area contributed by atoms with Crippen molar-refractivity contribution in [1.29, 1.82) is 0 Å². The quantitative estimate of drug-likeness (QED) is 0.371. The lowest BCUT2D eigenvalue weighted by Crippen LogP contribution is -2.17. The number of hydrogen-bond donors (Lipinski definition) is 1. The number of nitrogens with zero attached hydrogens (tertiary/aromatic N) is 4. The van der Waals surface area contributed by atoms with Gasteiger partial charge in [0.25, 0.3) is 0 Å². The number of halogens is 4. The standard InChI is InChI=1S/C14H11F4N5O2/c15-9-5-21-13(22-6-9)24-8-11(23-19)7-20-10-2-1-3-12(4-10)25-14(16,17)18/h1-7H,8,19H2. The minimum Gasteiger partial charge on any atom is -0.457 e. The van der Waals surface area contributed by atoms with Crippen LogP contribution in [0.5, 0.6) is 11.8 Å². The third-order valence-electron chi connectivity index (χ3n) is 2.53. The van der Waals surface area contributed by atoms with Crippen LogP contribution in [0, 0.1) is 5.82 Å². The first kappa shape index (κ1) is 18.1. The molecule has 2 aromatic rings. The predicted molar refractivity (Wildman–Crippen MR) is 80.4 cm³/mol. The van der Waals surface area contributed by atoms with Gasteiger partial charge in [-0.05, 0) is 12.1 Å². The minimum atomic E-state index is -4.80. The van der Waals surface area contributed by atoms with Gasteiger partial charge in [-0.25, -0.2) is 14.4 Å². The van der Waals surface area contributed by atoms with Crippen LogP contribution in [0.2, 0.25) is 0 Å². The van der Waals surface area contributed by atoms with E-state index in [2.05, 4.69) is 24.8 Å². The number of aliphatic imine (C=N–C) groups is 1. The molecule has 1 heterocycles. The highest BCUT2D eigenvalue weighted by Gasteiger charge is 2.31. The first-order valence-corrected chi connectivity index (χ1v) is 6.63. The molecule has 11 heteroatoms. The lowest BCUT2D eigenvalue weighted by atomic mass is 10.3. The summed E-state index contributed by atoms with van der Waals surface area (Å²) in [7, 11) is 0. The van der Waals surface area contributed by atoms with Crippen molar-refractivity contribution in [2.75, 3.05) is 6.61 Å². The number of rotatable bonds is 6. The molecule has 0 atom stereocenters. The molecule has 0 bridgehead atoms. The molecule has 132 valence electrons. The summed E-state index contributed by atoms with van der Waals surface area (Å²) in [6.45, 7) is -0.176. The van der Waals surface area contributed by atoms with Crippen LogP contribution in [0.15, 0.2) is 46.8 Å². The van der Waals surface area contributed by atoms with Gasteiger partial charge >= 0.3 is 12.4 Å². The van der Waals surface area contributed by atoms with Gasteiger partial charge in [-0.15, -0.1) is 13.2 Å². The smallest absolute Gasteiger partial charge is 0.457 e. The van der Waals surface area contributed by atoms with Gasteiger partial charge in [-0.1, -0.05) is 6.07 Å². The Kier molecular flexibility index (Phi) is 5.82. The molecular formula is C14H11F4N5O2. The average Bonchev–Trinajstić information content (AvgIpc) is 2.55. The third kappa shape index (κ3) is 6.41. The molecule has 2 rings (SSSR count). The summed E-state index contributed by atoms with van der Waals surface area (Å²) in [5.74, 6) is 4.15. The Hall–Kier alpha value is -3.24. The lowest BCUT2D eigenvalue weighted by molar-refractivity contribution is -0.274. The van der Waals surface area contributed by atoms with Crippen LogP contribution in [-0.2, 0) is 0 Å². The number of aromatic nitrogens is 2. The Morgan fingerprint density at radius 2 is 1.96 bits per heavy atom. The van der Waals surface area contributed by atoms with Crippen molar-refractivity contribution in [3.63, 3.8) is 0 Å². The summed E-state index contributed by atoms with van der Waals surface area (Å²) in [4.78, 5) is 11.1. The normalized spacial score (nSPS) is 12.4. The van der Waals surface area contributed by atoms with Crippen LogP contribution < -0.4 is 15.3 Å². The summed E-state index contributed by atoms with van der Waals surface area (Å²) in [5.41, 5.74) is 0.330. The molecule has 25 heavy (non-hydrogen) atoms. The first-order chi connectivity index (χ1) is 11.9. The van der Waals surface area contributed by atoms with E-state index >= 15 is 0 Å². The van der Waals surface area contributed by atoms with Crippen molar-refractivity contribution in [3.8, 4) is 11.8 Å². The van der Waals surface area contributed by atoms with E-state index in [1.807, 2.05) is 0 Å². The van der Waals surface area contributed by atoms with Crippen molar-refractivity contribution in [1.82, 2.24) is 9.97 Å². The van der Waals surface area contributed by atoms with Crippen LogP contribution in [0.1, 0.15) is 0 Å². The van der Waals surface area contributed by atoms with Crippen molar-refractivity contribution in [3.05, 3.63) is 42.5 Å². The van der Waals surface area contributed by atoms with Gasteiger partial charge in [0.2, 0.25) is 0 Å². The molecule has 0 unspecified atom stereocenters. The first-order valence-electron chi connectivity index (χ1n) is 6.63. The zero-order valence-electron chi connectivity index (χ0n) is 12.4. The number of alkyl halides is 3. The number of nitrogens with two attached hydrogens (primary N) is 1. The molecule has 2 N–H and O–H groups in total. The molecule has 1 aromatic heterocycles. The summed E-state index contributed by atoms with van der Waals surface area (Å²) in [6, 6.07) is 4.92. The zero-order valence-corrected chi connectivity index (χ0v) is 12.4. The molecule has 0 aliphatic rings. The molecule has 0 saturated heterocycles. The van der Waals surface area contributed by atoms with Gasteiger partial charge < -0.3 is 15.3 Å². The van der Waals surface area contributed by atoms with E-state index in [0.717, 1.165) is 24.5 Å². The number of hydrazone groups is 1. The monoisotopic (exact) mass is 357 g/mol. The highest BCUT2D eigenvalue weighted by Crippen LogP contribution is 2.26. The second kappa shape index (κ2) is 8.04. The van der Waals surface area contributed by atoms with E-state index in [0.29, 0.717) is 0 Å². The van der Waals surface area contributed by atoms with Crippen LogP contribution in [-0.4, -0.2) is 34.9 Å². The van der Waals surface area contributed by atoms with E-state index in [1.54, 1.807) is 0 Å². The molecule has 0 spiro atoms. The number of benzene rings is 1. The maximum Gasteiger partial charge on any atom is 0.573 e. The highest BCUT2D eigenvalue weighted by molar-refractivity contribution is 6.31.